The Kier molecular flexibility index (Phi) is 5.24. The predicted molar refractivity (Wildman–Crippen MR) is 114 cm³/mol. The van der Waals surface area contributed by atoms with Gasteiger partial charge in [0.2, 0.25) is 0 Å². The van der Waals surface area contributed by atoms with Crippen LogP contribution < -0.4 is 10.9 Å². The number of nitrogens with one attached hydrogen (secondary N) is 1. The molecule has 0 aliphatic rings. The van der Waals surface area contributed by atoms with Gasteiger partial charge in [0, 0.05) is 11.6 Å². The van der Waals surface area contributed by atoms with Gasteiger partial charge in [-0.05, 0) is 48.9 Å². The van der Waals surface area contributed by atoms with Crippen LogP contribution in [0.2, 0.25) is 5.02 Å². The van der Waals surface area contributed by atoms with Crippen molar-refractivity contribution in [2.24, 2.45) is 0 Å². The summed E-state index contributed by atoms with van der Waals surface area (Å²) in [5.41, 5.74) is 2.53. The highest BCUT2D eigenvalue weighted by Crippen LogP contribution is 2.20. The number of nitrogens with zero attached hydrogens (tertiary/aromatic N) is 2. The van der Waals surface area contributed by atoms with Crippen LogP contribution in [0.3, 0.4) is 0 Å². The Bertz CT molecular complexity index is 1150. The Morgan fingerprint density at radius 1 is 0.964 bits per heavy atom. The Balaban J connectivity index is 1.80. The van der Waals surface area contributed by atoms with Crippen molar-refractivity contribution in [3.63, 3.8) is 0 Å². The molecule has 1 atom stereocenters. The summed E-state index contributed by atoms with van der Waals surface area (Å²) in [4.78, 5) is 18.1. The van der Waals surface area contributed by atoms with Crippen LogP contribution >= 0.6 is 11.6 Å². The standard InChI is InChI=1S/C23H20ClN3O/c1-16(25-15-17-7-3-2-4-8-17)22-26-21-10-6-5-9-20(21)23(28)27(22)19-13-11-18(24)12-14-19/h2-14,16,25H,15H2,1H3. The fourth-order valence-electron chi connectivity index (χ4n) is 3.24. The summed E-state index contributed by atoms with van der Waals surface area (Å²) in [6.07, 6.45) is 0. The van der Waals surface area contributed by atoms with Gasteiger partial charge in [0.05, 0.1) is 22.6 Å². The van der Waals surface area contributed by atoms with Gasteiger partial charge >= 0.3 is 0 Å². The lowest BCUT2D eigenvalue weighted by molar-refractivity contribution is 0.532. The Hall–Kier alpha value is -2.95. The molecule has 28 heavy (non-hydrogen) atoms. The number of halogens is 1. The SMILES string of the molecule is CC(NCc1ccccc1)c1nc2ccccc2c(=O)n1-c1ccc(Cl)cc1. The second-order valence-electron chi connectivity index (χ2n) is 6.69. The number of aromatic nitrogens is 2. The zero-order valence-corrected chi connectivity index (χ0v) is 16.2. The second kappa shape index (κ2) is 7.97. The lowest BCUT2D eigenvalue weighted by Crippen LogP contribution is -2.30. The van der Waals surface area contributed by atoms with E-state index < -0.39 is 0 Å². The van der Waals surface area contributed by atoms with E-state index in [-0.39, 0.29) is 11.6 Å². The van der Waals surface area contributed by atoms with Crippen LogP contribution in [0.15, 0.2) is 83.7 Å². The van der Waals surface area contributed by atoms with Gasteiger partial charge in [0.15, 0.2) is 0 Å². The number of rotatable bonds is 5. The summed E-state index contributed by atoms with van der Waals surface area (Å²) in [5, 5.41) is 4.70. The molecule has 0 amide bonds. The van der Waals surface area contributed by atoms with E-state index in [1.807, 2.05) is 61.5 Å². The molecule has 0 aliphatic heterocycles. The average Bonchev–Trinajstić information content (AvgIpc) is 2.73. The number of benzene rings is 3. The quantitative estimate of drug-likeness (QED) is 0.528. The first-order valence-electron chi connectivity index (χ1n) is 9.18. The Morgan fingerprint density at radius 2 is 1.64 bits per heavy atom. The maximum absolute atomic E-state index is 13.3. The molecule has 3 aromatic carbocycles. The van der Waals surface area contributed by atoms with Crippen molar-refractivity contribution >= 4 is 22.5 Å². The van der Waals surface area contributed by atoms with E-state index in [9.17, 15) is 4.79 Å². The third kappa shape index (κ3) is 3.70. The van der Waals surface area contributed by atoms with Gasteiger partial charge < -0.3 is 5.32 Å². The van der Waals surface area contributed by atoms with Crippen molar-refractivity contribution in [3.8, 4) is 5.69 Å². The van der Waals surface area contributed by atoms with E-state index in [2.05, 4.69) is 17.4 Å². The third-order valence-corrected chi connectivity index (χ3v) is 4.98. The number of hydrogen-bond acceptors (Lipinski definition) is 3. The van der Waals surface area contributed by atoms with E-state index in [1.165, 1.54) is 5.56 Å². The van der Waals surface area contributed by atoms with Crippen LogP contribution in [0.5, 0.6) is 0 Å². The number of fused-ring (bicyclic) bond motifs is 1. The summed E-state index contributed by atoms with van der Waals surface area (Å²) in [6.45, 7) is 2.71. The summed E-state index contributed by atoms with van der Waals surface area (Å²) in [7, 11) is 0. The van der Waals surface area contributed by atoms with Gasteiger partial charge in [-0.2, -0.15) is 0 Å². The van der Waals surface area contributed by atoms with Crippen molar-refractivity contribution < 1.29 is 0 Å². The summed E-state index contributed by atoms with van der Waals surface area (Å²) in [6, 6.07) is 24.7. The summed E-state index contributed by atoms with van der Waals surface area (Å²) < 4.78 is 1.67. The van der Waals surface area contributed by atoms with E-state index in [0.29, 0.717) is 28.3 Å². The van der Waals surface area contributed by atoms with Crippen LogP contribution in [0.25, 0.3) is 16.6 Å². The first-order chi connectivity index (χ1) is 13.6. The smallest absolute Gasteiger partial charge is 0.266 e. The molecule has 140 valence electrons. The lowest BCUT2D eigenvalue weighted by Gasteiger charge is -2.20. The molecule has 0 saturated heterocycles. The molecule has 0 spiro atoms. The highest BCUT2D eigenvalue weighted by molar-refractivity contribution is 6.30. The molecule has 4 rings (SSSR count). The molecule has 4 nitrogen and oxygen atoms in total. The van der Waals surface area contributed by atoms with Gasteiger partial charge in [-0.3, -0.25) is 9.36 Å². The van der Waals surface area contributed by atoms with E-state index in [1.54, 1.807) is 16.7 Å². The minimum Gasteiger partial charge on any atom is -0.303 e. The normalized spacial score (nSPS) is 12.2. The minimum atomic E-state index is -0.131. The Labute approximate surface area is 168 Å². The van der Waals surface area contributed by atoms with Crippen molar-refractivity contribution in [1.29, 1.82) is 0 Å². The van der Waals surface area contributed by atoms with Crippen molar-refractivity contribution in [3.05, 3.63) is 106 Å². The molecule has 0 aliphatic carbocycles. The maximum Gasteiger partial charge on any atom is 0.266 e. The first-order valence-corrected chi connectivity index (χ1v) is 9.56. The van der Waals surface area contributed by atoms with Gasteiger partial charge in [0.1, 0.15) is 5.82 Å². The number of para-hydroxylation sites is 1. The van der Waals surface area contributed by atoms with Crippen LogP contribution in [-0.4, -0.2) is 9.55 Å². The van der Waals surface area contributed by atoms with E-state index in [0.717, 1.165) is 5.69 Å². The fourth-order valence-corrected chi connectivity index (χ4v) is 3.36. The number of hydrogen-bond donors (Lipinski definition) is 1. The average molecular weight is 390 g/mol. The molecule has 0 saturated carbocycles. The van der Waals surface area contributed by atoms with E-state index in [4.69, 9.17) is 16.6 Å². The van der Waals surface area contributed by atoms with Crippen LogP contribution in [0.1, 0.15) is 24.4 Å². The maximum atomic E-state index is 13.3. The van der Waals surface area contributed by atoms with Gasteiger partial charge in [-0.25, -0.2) is 4.98 Å². The molecule has 4 aromatic rings. The molecule has 1 heterocycles. The largest absolute Gasteiger partial charge is 0.303 e. The van der Waals surface area contributed by atoms with Crippen LogP contribution in [-0.2, 0) is 6.54 Å². The topological polar surface area (TPSA) is 46.9 Å². The molecular formula is C23H20ClN3O. The van der Waals surface area contributed by atoms with Crippen molar-refractivity contribution in [2.75, 3.05) is 0 Å². The predicted octanol–water partition coefficient (Wildman–Crippen LogP) is 4.89. The molecular weight excluding hydrogens is 370 g/mol. The summed E-state index contributed by atoms with van der Waals surface area (Å²) in [5.74, 6) is 0.668. The highest BCUT2D eigenvalue weighted by Gasteiger charge is 2.17. The third-order valence-electron chi connectivity index (χ3n) is 4.73. The van der Waals surface area contributed by atoms with Crippen LogP contribution in [0.4, 0.5) is 0 Å². The zero-order chi connectivity index (χ0) is 19.5. The molecule has 1 N–H and O–H groups in total. The second-order valence-corrected chi connectivity index (χ2v) is 7.13. The monoisotopic (exact) mass is 389 g/mol. The zero-order valence-electron chi connectivity index (χ0n) is 15.5. The highest BCUT2D eigenvalue weighted by atomic mass is 35.5. The molecule has 1 unspecified atom stereocenters. The molecule has 0 fully saturated rings. The van der Waals surface area contributed by atoms with Gasteiger partial charge in [0.25, 0.3) is 5.56 Å². The van der Waals surface area contributed by atoms with E-state index >= 15 is 0 Å². The lowest BCUT2D eigenvalue weighted by atomic mass is 10.2. The van der Waals surface area contributed by atoms with Crippen molar-refractivity contribution in [2.45, 2.75) is 19.5 Å². The Morgan fingerprint density at radius 3 is 2.39 bits per heavy atom. The van der Waals surface area contributed by atoms with Crippen molar-refractivity contribution in [1.82, 2.24) is 14.9 Å². The van der Waals surface area contributed by atoms with Crippen LogP contribution in [0, 0.1) is 0 Å². The first kappa shape index (κ1) is 18.4. The molecule has 0 bridgehead atoms. The molecule has 1 aromatic heterocycles. The van der Waals surface area contributed by atoms with Gasteiger partial charge in [-0.15, -0.1) is 0 Å². The fraction of sp³-hybridized carbons (Fsp3) is 0.130. The molecule has 0 radical (unpaired) electrons. The minimum absolute atomic E-state index is 0.0868. The molecule has 5 heteroatoms. The summed E-state index contributed by atoms with van der Waals surface area (Å²) >= 11 is 6.04. The van der Waals surface area contributed by atoms with Gasteiger partial charge in [-0.1, -0.05) is 54.1 Å².